The molecule has 0 spiro atoms. The topological polar surface area (TPSA) is 85.8 Å². The zero-order chi connectivity index (χ0) is 24.1. The molecule has 0 bridgehead atoms. The van der Waals surface area contributed by atoms with Crippen LogP contribution >= 0.6 is 11.3 Å². The van der Waals surface area contributed by atoms with Crippen LogP contribution in [0.25, 0.3) is 10.6 Å². The van der Waals surface area contributed by atoms with Crippen LogP contribution < -0.4 is 9.04 Å². The summed E-state index contributed by atoms with van der Waals surface area (Å²) < 4.78 is 37.9. The molecule has 0 aliphatic heterocycles. The largest absolute Gasteiger partial charge is 0.497 e. The number of carbonyl (C=O) groups excluding carboxylic acids is 1. The molecule has 0 N–H and O–H groups in total. The molecule has 0 amide bonds. The molecule has 0 unspecified atom stereocenters. The van der Waals surface area contributed by atoms with Crippen LogP contribution in [0.3, 0.4) is 0 Å². The number of aromatic nitrogens is 1. The van der Waals surface area contributed by atoms with E-state index in [9.17, 15) is 13.2 Å². The van der Waals surface area contributed by atoms with Gasteiger partial charge in [-0.05, 0) is 42.5 Å². The van der Waals surface area contributed by atoms with Gasteiger partial charge < -0.3 is 9.47 Å². The van der Waals surface area contributed by atoms with Gasteiger partial charge in [-0.1, -0.05) is 36.4 Å². The molecule has 34 heavy (non-hydrogen) atoms. The highest BCUT2D eigenvalue weighted by atomic mass is 32.2. The van der Waals surface area contributed by atoms with Crippen molar-refractivity contribution in [2.24, 2.45) is 0 Å². The average Bonchev–Trinajstić information content (AvgIpc) is 3.36. The van der Waals surface area contributed by atoms with Gasteiger partial charge in [-0.25, -0.2) is 18.2 Å². The second-order valence-corrected chi connectivity index (χ2v) is 10.1. The molecule has 174 valence electrons. The Balaban J connectivity index is 1.46. The van der Waals surface area contributed by atoms with E-state index in [1.165, 1.54) is 49.8 Å². The second-order valence-electron chi connectivity index (χ2n) is 7.28. The summed E-state index contributed by atoms with van der Waals surface area (Å²) in [5.41, 5.74) is 2.22. The van der Waals surface area contributed by atoms with Crippen LogP contribution in [-0.4, -0.2) is 33.5 Å². The molecule has 0 aliphatic carbocycles. The van der Waals surface area contributed by atoms with E-state index < -0.39 is 16.0 Å². The van der Waals surface area contributed by atoms with Crippen molar-refractivity contribution in [1.29, 1.82) is 0 Å². The first kappa shape index (κ1) is 23.5. The Labute approximate surface area is 202 Å². The SMILES string of the molecule is COc1ccc(N(C)S(=O)(=O)c2cccc(C(=O)OCc3csc(-c4ccccc4)n3)c2)cc1. The van der Waals surface area contributed by atoms with Gasteiger partial charge in [0.2, 0.25) is 0 Å². The van der Waals surface area contributed by atoms with Crippen LogP contribution in [0.2, 0.25) is 0 Å². The summed E-state index contributed by atoms with van der Waals surface area (Å²) in [6.07, 6.45) is 0. The minimum absolute atomic E-state index is 0.00903. The van der Waals surface area contributed by atoms with E-state index in [1.807, 2.05) is 35.7 Å². The average molecular weight is 495 g/mol. The fraction of sp³-hybridized carbons (Fsp3) is 0.120. The molecule has 0 aliphatic rings. The minimum atomic E-state index is -3.89. The lowest BCUT2D eigenvalue weighted by Crippen LogP contribution is -2.26. The Morgan fingerprint density at radius 2 is 1.74 bits per heavy atom. The first-order valence-corrected chi connectivity index (χ1v) is 12.6. The molecule has 0 saturated heterocycles. The predicted molar refractivity (Wildman–Crippen MR) is 132 cm³/mol. The number of esters is 1. The van der Waals surface area contributed by atoms with Crippen LogP contribution in [0.4, 0.5) is 5.69 Å². The molecule has 0 saturated carbocycles. The van der Waals surface area contributed by atoms with E-state index in [2.05, 4.69) is 4.98 Å². The summed E-state index contributed by atoms with van der Waals surface area (Å²) in [6, 6.07) is 22.2. The highest BCUT2D eigenvalue weighted by Crippen LogP contribution is 2.26. The van der Waals surface area contributed by atoms with Gasteiger partial charge in [-0.2, -0.15) is 0 Å². The fourth-order valence-electron chi connectivity index (χ4n) is 3.18. The quantitative estimate of drug-likeness (QED) is 0.321. The Morgan fingerprint density at radius 1 is 1.00 bits per heavy atom. The number of anilines is 1. The summed E-state index contributed by atoms with van der Waals surface area (Å²) >= 11 is 1.46. The third kappa shape index (κ3) is 5.11. The number of benzene rings is 3. The number of hydrogen-bond acceptors (Lipinski definition) is 7. The molecule has 4 rings (SSSR count). The van der Waals surface area contributed by atoms with Gasteiger partial charge in [0.1, 0.15) is 17.4 Å². The lowest BCUT2D eigenvalue weighted by molar-refractivity contribution is 0.0468. The van der Waals surface area contributed by atoms with Crippen LogP contribution in [-0.2, 0) is 21.4 Å². The summed E-state index contributed by atoms with van der Waals surface area (Å²) in [4.78, 5) is 17.1. The predicted octanol–water partition coefficient (Wildman–Crippen LogP) is 5.00. The van der Waals surface area contributed by atoms with E-state index in [4.69, 9.17) is 9.47 Å². The summed E-state index contributed by atoms with van der Waals surface area (Å²) in [7, 11) is -0.897. The normalized spacial score (nSPS) is 11.1. The van der Waals surface area contributed by atoms with Crippen molar-refractivity contribution in [2.45, 2.75) is 11.5 Å². The van der Waals surface area contributed by atoms with E-state index in [0.29, 0.717) is 17.1 Å². The van der Waals surface area contributed by atoms with Gasteiger partial charge in [0, 0.05) is 18.0 Å². The zero-order valence-electron chi connectivity index (χ0n) is 18.5. The van der Waals surface area contributed by atoms with Gasteiger partial charge in [-0.3, -0.25) is 4.31 Å². The number of rotatable bonds is 8. The first-order valence-electron chi connectivity index (χ1n) is 10.3. The lowest BCUT2D eigenvalue weighted by Gasteiger charge is -2.20. The van der Waals surface area contributed by atoms with Crippen molar-refractivity contribution in [3.8, 4) is 16.3 Å². The molecule has 3 aromatic carbocycles. The maximum Gasteiger partial charge on any atom is 0.338 e. The van der Waals surface area contributed by atoms with Crippen molar-refractivity contribution < 1.29 is 22.7 Å². The van der Waals surface area contributed by atoms with Crippen LogP contribution in [0.1, 0.15) is 16.1 Å². The molecule has 7 nitrogen and oxygen atoms in total. The highest BCUT2D eigenvalue weighted by molar-refractivity contribution is 7.92. The Kier molecular flexibility index (Phi) is 6.95. The van der Waals surface area contributed by atoms with Gasteiger partial charge >= 0.3 is 5.97 Å². The highest BCUT2D eigenvalue weighted by Gasteiger charge is 2.23. The minimum Gasteiger partial charge on any atom is -0.497 e. The molecular weight excluding hydrogens is 472 g/mol. The lowest BCUT2D eigenvalue weighted by atomic mass is 10.2. The van der Waals surface area contributed by atoms with Crippen LogP contribution in [0.5, 0.6) is 5.75 Å². The maximum absolute atomic E-state index is 13.1. The van der Waals surface area contributed by atoms with E-state index in [0.717, 1.165) is 14.9 Å². The molecular formula is C25H22N2O5S2. The monoisotopic (exact) mass is 494 g/mol. The molecule has 1 aromatic heterocycles. The van der Waals surface area contributed by atoms with E-state index >= 15 is 0 Å². The fourth-order valence-corrected chi connectivity index (χ4v) is 5.23. The molecule has 4 aromatic rings. The van der Waals surface area contributed by atoms with Crippen molar-refractivity contribution >= 4 is 33.0 Å². The molecule has 9 heteroatoms. The summed E-state index contributed by atoms with van der Waals surface area (Å²) in [6.45, 7) is -0.00903. The Morgan fingerprint density at radius 3 is 2.44 bits per heavy atom. The number of nitrogens with zero attached hydrogens (tertiary/aromatic N) is 2. The van der Waals surface area contributed by atoms with Crippen molar-refractivity contribution in [2.75, 3.05) is 18.5 Å². The Hall–Kier alpha value is -3.69. The van der Waals surface area contributed by atoms with Gasteiger partial charge in [0.15, 0.2) is 0 Å². The molecule has 0 radical (unpaired) electrons. The number of thiazole rings is 1. The van der Waals surface area contributed by atoms with Crippen molar-refractivity contribution in [3.05, 3.63) is 95.5 Å². The number of hydrogen-bond donors (Lipinski definition) is 0. The van der Waals surface area contributed by atoms with Crippen LogP contribution in [0, 0.1) is 0 Å². The number of ether oxygens (including phenoxy) is 2. The summed E-state index contributed by atoms with van der Waals surface area (Å²) in [5, 5.41) is 2.67. The first-order chi connectivity index (χ1) is 16.4. The second kappa shape index (κ2) is 10.1. The van der Waals surface area contributed by atoms with Crippen molar-refractivity contribution in [1.82, 2.24) is 4.98 Å². The summed E-state index contributed by atoms with van der Waals surface area (Å²) in [5.74, 6) is -0.00583. The van der Waals surface area contributed by atoms with Gasteiger partial charge in [0.05, 0.1) is 29.0 Å². The van der Waals surface area contributed by atoms with Gasteiger partial charge in [-0.15, -0.1) is 11.3 Å². The van der Waals surface area contributed by atoms with Crippen molar-refractivity contribution in [3.63, 3.8) is 0 Å². The molecule has 1 heterocycles. The van der Waals surface area contributed by atoms with E-state index in [1.54, 1.807) is 24.3 Å². The molecule has 0 fully saturated rings. The maximum atomic E-state index is 13.1. The zero-order valence-corrected chi connectivity index (χ0v) is 20.2. The number of sulfonamides is 1. The standard InChI is InChI=1S/C25H22N2O5S2/c1-27(21-11-13-22(31-2)14-12-21)34(29,30)23-10-6-9-19(15-23)25(28)32-16-20-17-33-24(26-20)18-7-4-3-5-8-18/h3-15,17H,16H2,1-2H3. The number of methoxy groups -OCH3 is 1. The smallest absolute Gasteiger partial charge is 0.338 e. The third-order valence-corrected chi connectivity index (χ3v) is 7.81. The van der Waals surface area contributed by atoms with Gasteiger partial charge in [0.25, 0.3) is 10.0 Å². The van der Waals surface area contributed by atoms with Crippen LogP contribution in [0.15, 0.2) is 89.1 Å². The Bertz CT molecular complexity index is 1380. The van der Waals surface area contributed by atoms with E-state index in [-0.39, 0.29) is 17.1 Å². The molecule has 0 atom stereocenters. The number of carbonyl (C=O) groups is 1. The third-order valence-electron chi connectivity index (χ3n) is 5.09.